The number of hydrogen-bond acceptors (Lipinski definition) is 4. The molecule has 0 bridgehead atoms. The lowest BCUT2D eigenvalue weighted by molar-refractivity contribution is 0.0696. The van der Waals surface area contributed by atoms with Crippen LogP contribution in [-0.4, -0.2) is 30.2 Å². The second-order valence-corrected chi connectivity index (χ2v) is 5.54. The summed E-state index contributed by atoms with van der Waals surface area (Å²) in [6, 6.07) is 9.30. The van der Waals surface area contributed by atoms with Crippen LogP contribution in [0.1, 0.15) is 15.9 Å². The summed E-state index contributed by atoms with van der Waals surface area (Å²) >= 11 is 0. The number of aryl methyl sites for hydroxylation is 2. The molecule has 0 saturated carbocycles. The van der Waals surface area contributed by atoms with Crippen LogP contribution < -0.4 is 0 Å². The Morgan fingerprint density at radius 2 is 1.60 bits per heavy atom. The number of carboxylic acid groups (broad SMARTS) is 1. The van der Waals surface area contributed by atoms with Crippen molar-refractivity contribution in [2.45, 2.75) is 0 Å². The number of hydrogen-bond donors (Lipinski definition) is 1. The maximum absolute atomic E-state index is 10.6. The predicted molar refractivity (Wildman–Crippen MR) is 93.1 cm³/mol. The molecule has 0 amide bonds. The number of pyridine rings is 2. The molecule has 7 nitrogen and oxygen atoms in total. The van der Waals surface area contributed by atoms with Gasteiger partial charge in [0.1, 0.15) is 17.4 Å². The van der Waals surface area contributed by atoms with Gasteiger partial charge in [-0.15, -0.1) is 0 Å². The van der Waals surface area contributed by atoms with Crippen LogP contribution >= 0.6 is 0 Å². The van der Waals surface area contributed by atoms with E-state index < -0.39 is 5.97 Å². The first kappa shape index (κ1) is 16.2. The highest BCUT2D eigenvalue weighted by molar-refractivity contribution is 5.91. The van der Waals surface area contributed by atoms with E-state index in [9.17, 15) is 4.79 Å². The summed E-state index contributed by atoms with van der Waals surface area (Å²) in [5.41, 5.74) is 2.53. The molecule has 124 valence electrons. The fraction of sp³-hybridized carbons (Fsp3) is 0.111. The first-order valence-electron chi connectivity index (χ1n) is 7.45. The lowest BCUT2D eigenvalue weighted by Gasteiger charge is -1.96. The van der Waals surface area contributed by atoms with E-state index in [1.165, 1.54) is 6.20 Å². The molecule has 4 aromatic heterocycles. The molecule has 0 fully saturated rings. The van der Waals surface area contributed by atoms with Crippen LogP contribution in [0.3, 0.4) is 0 Å². The maximum atomic E-state index is 10.6. The standard InChI is InChI=1S/C9H7N3.C9H8N2O2/c1-12-3-2-8-4-7(5-10)6-11-9(8)12;1-11-3-2-6-4-7(9(12)13)5-10-8(6)11/h2-4,6H,1H3;2-5H,1H3,(H,12,13). The molecule has 7 heteroatoms. The van der Waals surface area contributed by atoms with Gasteiger partial charge in [-0.1, -0.05) is 0 Å². The van der Waals surface area contributed by atoms with Gasteiger partial charge in [-0.3, -0.25) is 0 Å². The van der Waals surface area contributed by atoms with Gasteiger partial charge in [0, 0.05) is 49.7 Å². The van der Waals surface area contributed by atoms with Crippen molar-refractivity contribution < 1.29 is 9.90 Å². The largest absolute Gasteiger partial charge is 0.478 e. The fourth-order valence-corrected chi connectivity index (χ4v) is 2.49. The first-order valence-corrected chi connectivity index (χ1v) is 7.45. The Morgan fingerprint density at radius 1 is 1.04 bits per heavy atom. The van der Waals surface area contributed by atoms with Gasteiger partial charge in [0.25, 0.3) is 0 Å². The molecule has 0 aliphatic carbocycles. The van der Waals surface area contributed by atoms with Crippen LogP contribution in [0.4, 0.5) is 0 Å². The van der Waals surface area contributed by atoms with Crippen LogP contribution in [0.5, 0.6) is 0 Å². The van der Waals surface area contributed by atoms with Crippen molar-refractivity contribution in [2.24, 2.45) is 14.1 Å². The van der Waals surface area contributed by atoms with Crippen molar-refractivity contribution in [2.75, 3.05) is 0 Å². The van der Waals surface area contributed by atoms with Gasteiger partial charge in [-0.05, 0) is 24.3 Å². The summed E-state index contributed by atoms with van der Waals surface area (Å²) < 4.78 is 3.78. The quantitative estimate of drug-likeness (QED) is 0.577. The minimum absolute atomic E-state index is 0.221. The normalized spacial score (nSPS) is 10.3. The highest BCUT2D eigenvalue weighted by Gasteiger charge is 2.05. The Bertz CT molecular complexity index is 1120. The van der Waals surface area contributed by atoms with E-state index in [1.807, 2.05) is 53.8 Å². The number of carbonyl (C=O) groups is 1. The zero-order valence-corrected chi connectivity index (χ0v) is 13.7. The molecular weight excluding hydrogens is 318 g/mol. The van der Waals surface area contributed by atoms with E-state index in [-0.39, 0.29) is 5.56 Å². The Balaban J connectivity index is 0.000000146. The van der Waals surface area contributed by atoms with Crippen molar-refractivity contribution in [3.63, 3.8) is 0 Å². The molecule has 4 aromatic rings. The minimum Gasteiger partial charge on any atom is -0.478 e. The van der Waals surface area contributed by atoms with Crippen LogP contribution in [0.2, 0.25) is 0 Å². The van der Waals surface area contributed by atoms with E-state index in [0.717, 1.165) is 22.1 Å². The molecule has 0 aromatic carbocycles. The average Bonchev–Trinajstić information content (AvgIpc) is 3.18. The number of aromatic nitrogens is 4. The molecule has 4 rings (SSSR count). The van der Waals surface area contributed by atoms with Crippen molar-refractivity contribution >= 4 is 28.0 Å². The number of nitriles is 1. The third-order valence-electron chi connectivity index (χ3n) is 3.79. The molecule has 1 N–H and O–H groups in total. The monoisotopic (exact) mass is 333 g/mol. The maximum Gasteiger partial charge on any atom is 0.337 e. The smallest absolute Gasteiger partial charge is 0.337 e. The van der Waals surface area contributed by atoms with Crippen LogP contribution in [0, 0.1) is 11.3 Å². The van der Waals surface area contributed by atoms with E-state index >= 15 is 0 Å². The van der Waals surface area contributed by atoms with Gasteiger partial charge in [-0.25, -0.2) is 14.8 Å². The zero-order chi connectivity index (χ0) is 18.0. The van der Waals surface area contributed by atoms with Crippen LogP contribution in [0.15, 0.2) is 49.1 Å². The molecule has 0 aliphatic rings. The van der Waals surface area contributed by atoms with Gasteiger partial charge in [0.15, 0.2) is 0 Å². The van der Waals surface area contributed by atoms with Crippen LogP contribution in [-0.2, 0) is 14.1 Å². The molecule has 0 radical (unpaired) electrons. The van der Waals surface area contributed by atoms with Gasteiger partial charge in [-0.2, -0.15) is 5.26 Å². The fourth-order valence-electron chi connectivity index (χ4n) is 2.49. The summed E-state index contributed by atoms with van der Waals surface area (Å²) in [5.74, 6) is -0.946. The Labute approximate surface area is 143 Å². The molecule has 0 spiro atoms. The molecule has 0 unspecified atom stereocenters. The van der Waals surface area contributed by atoms with Gasteiger partial charge in [0.2, 0.25) is 0 Å². The molecular formula is C18H15N5O2. The van der Waals surface area contributed by atoms with Crippen molar-refractivity contribution in [3.05, 3.63) is 60.2 Å². The molecule has 4 heterocycles. The van der Waals surface area contributed by atoms with E-state index in [2.05, 4.69) is 16.0 Å². The third-order valence-corrected chi connectivity index (χ3v) is 3.79. The van der Waals surface area contributed by atoms with Crippen molar-refractivity contribution in [3.8, 4) is 6.07 Å². The van der Waals surface area contributed by atoms with Crippen LogP contribution in [0.25, 0.3) is 22.1 Å². The predicted octanol–water partition coefficient (Wildman–Crippen LogP) is 2.72. The van der Waals surface area contributed by atoms with Gasteiger partial charge in [0.05, 0.1) is 11.1 Å². The third kappa shape index (κ3) is 3.19. The number of fused-ring (bicyclic) bond motifs is 2. The number of aromatic carboxylic acids is 1. The van der Waals surface area contributed by atoms with Gasteiger partial charge < -0.3 is 14.2 Å². The summed E-state index contributed by atoms with van der Waals surface area (Å²) in [6.45, 7) is 0. The second kappa shape index (κ2) is 6.45. The summed E-state index contributed by atoms with van der Waals surface area (Å²) in [4.78, 5) is 18.8. The zero-order valence-electron chi connectivity index (χ0n) is 13.7. The first-order chi connectivity index (χ1) is 12.0. The van der Waals surface area contributed by atoms with Gasteiger partial charge >= 0.3 is 5.97 Å². The number of rotatable bonds is 1. The molecule has 0 aliphatic heterocycles. The summed E-state index contributed by atoms with van der Waals surface area (Å²) in [7, 11) is 3.80. The lowest BCUT2D eigenvalue weighted by Crippen LogP contribution is -1.97. The summed E-state index contributed by atoms with van der Waals surface area (Å²) in [6.07, 6.45) is 6.73. The minimum atomic E-state index is -0.946. The number of carboxylic acids is 1. The molecule has 0 atom stereocenters. The second-order valence-electron chi connectivity index (χ2n) is 5.54. The van der Waals surface area contributed by atoms with E-state index in [4.69, 9.17) is 10.4 Å². The molecule has 0 saturated heterocycles. The average molecular weight is 333 g/mol. The Morgan fingerprint density at radius 3 is 2.16 bits per heavy atom. The number of nitrogens with zero attached hydrogens (tertiary/aromatic N) is 5. The SMILES string of the molecule is Cn1ccc2cc(C#N)cnc21.Cn1ccc2cc(C(=O)O)cnc21. The highest BCUT2D eigenvalue weighted by atomic mass is 16.4. The Hall–Kier alpha value is -3.66. The topological polar surface area (TPSA) is 96.7 Å². The van der Waals surface area contributed by atoms with Crippen molar-refractivity contribution in [1.29, 1.82) is 5.26 Å². The Kier molecular flexibility index (Phi) is 4.18. The summed E-state index contributed by atoms with van der Waals surface area (Å²) in [5, 5.41) is 19.2. The van der Waals surface area contributed by atoms with E-state index in [1.54, 1.807) is 12.3 Å². The highest BCUT2D eigenvalue weighted by Crippen LogP contribution is 2.14. The van der Waals surface area contributed by atoms with E-state index in [0.29, 0.717) is 5.56 Å². The van der Waals surface area contributed by atoms with Crippen molar-refractivity contribution in [1.82, 2.24) is 19.1 Å². The lowest BCUT2D eigenvalue weighted by atomic mass is 10.2. The molecule has 25 heavy (non-hydrogen) atoms.